The second-order valence-corrected chi connectivity index (χ2v) is 7.10. The molecule has 23 heavy (non-hydrogen) atoms. The summed E-state index contributed by atoms with van der Waals surface area (Å²) >= 11 is 0. The summed E-state index contributed by atoms with van der Waals surface area (Å²) in [5, 5.41) is 3.39. The van der Waals surface area contributed by atoms with E-state index in [-0.39, 0.29) is 24.8 Å². The van der Waals surface area contributed by atoms with Crippen molar-refractivity contribution in [3.63, 3.8) is 0 Å². The largest absolute Gasteiger partial charge is 0.343 e. The lowest BCUT2D eigenvalue weighted by Gasteiger charge is -2.38. The quantitative estimate of drug-likeness (QED) is 0.811. The number of likely N-dealkylation sites (tertiary alicyclic amines) is 1. The number of nitrogens with zero attached hydrogens (tertiary/aromatic N) is 2. The highest BCUT2D eigenvalue weighted by Crippen LogP contribution is 2.21. The fraction of sp³-hybridized carbons (Fsp3) is 0.941. The summed E-state index contributed by atoms with van der Waals surface area (Å²) in [7, 11) is 2.01. The summed E-state index contributed by atoms with van der Waals surface area (Å²) < 4.78 is 0. The number of carbonyl (C=O) groups is 1. The zero-order valence-corrected chi connectivity index (χ0v) is 16.6. The van der Waals surface area contributed by atoms with Gasteiger partial charge in [-0.2, -0.15) is 0 Å². The zero-order chi connectivity index (χ0) is 15.2. The first kappa shape index (κ1) is 23.0. The van der Waals surface area contributed by atoms with E-state index in [0.29, 0.717) is 18.0 Å². The molecular formula is C17H35Cl2N3O. The summed E-state index contributed by atoms with van der Waals surface area (Å²) in [5.41, 5.74) is 0. The molecule has 2 heterocycles. The van der Waals surface area contributed by atoms with Gasteiger partial charge in [0.15, 0.2) is 0 Å². The Morgan fingerprint density at radius 2 is 1.70 bits per heavy atom. The minimum absolute atomic E-state index is 0. The van der Waals surface area contributed by atoms with Gasteiger partial charge in [0.1, 0.15) is 0 Å². The monoisotopic (exact) mass is 367 g/mol. The molecule has 0 radical (unpaired) electrons. The van der Waals surface area contributed by atoms with Gasteiger partial charge in [0.05, 0.1) is 0 Å². The van der Waals surface area contributed by atoms with E-state index in [1.165, 1.54) is 12.8 Å². The number of amides is 1. The minimum Gasteiger partial charge on any atom is -0.343 e. The van der Waals surface area contributed by atoms with Crippen molar-refractivity contribution in [2.24, 2.45) is 5.92 Å². The summed E-state index contributed by atoms with van der Waals surface area (Å²) in [6.45, 7) is 9.04. The van der Waals surface area contributed by atoms with Crippen LogP contribution in [0.25, 0.3) is 0 Å². The fourth-order valence-electron chi connectivity index (χ4n) is 3.67. The third-order valence-corrected chi connectivity index (χ3v) is 5.40. The Morgan fingerprint density at radius 3 is 2.22 bits per heavy atom. The predicted molar refractivity (Wildman–Crippen MR) is 102 cm³/mol. The lowest BCUT2D eigenvalue weighted by molar-refractivity contribution is -0.133. The molecule has 2 saturated heterocycles. The number of halogens is 2. The molecule has 0 atom stereocenters. The molecule has 0 aromatic carbocycles. The van der Waals surface area contributed by atoms with Crippen LogP contribution in [0, 0.1) is 5.92 Å². The molecule has 0 aliphatic carbocycles. The molecular weight excluding hydrogens is 333 g/mol. The van der Waals surface area contributed by atoms with Gasteiger partial charge in [-0.1, -0.05) is 0 Å². The van der Waals surface area contributed by atoms with E-state index in [4.69, 9.17) is 0 Å². The molecule has 2 aliphatic rings. The molecule has 0 bridgehead atoms. The third-order valence-electron chi connectivity index (χ3n) is 5.40. The molecule has 2 fully saturated rings. The normalized spacial score (nSPS) is 20.7. The average Bonchev–Trinajstić information content (AvgIpc) is 2.53. The van der Waals surface area contributed by atoms with Crippen molar-refractivity contribution in [1.82, 2.24) is 15.1 Å². The van der Waals surface area contributed by atoms with Gasteiger partial charge >= 0.3 is 0 Å². The van der Waals surface area contributed by atoms with Gasteiger partial charge in [-0.15, -0.1) is 24.8 Å². The second-order valence-electron chi connectivity index (χ2n) is 7.10. The summed E-state index contributed by atoms with van der Waals surface area (Å²) in [6.07, 6.45) is 6.57. The van der Waals surface area contributed by atoms with E-state index in [1.54, 1.807) is 0 Å². The number of piperidine rings is 2. The molecule has 6 heteroatoms. The van der Waals surface area contributed by atoms with Crippen LogP contribution in [-0.4, -0.2) is 61.0 Å². The maximum absolute atomic E-state index is 12.4. The first-order valence-electron chi connectivity index (χ1n) is 8.78. The van der Waals surface area contributed by atoms with Gasteiger partial charge in [0, 0.05) is 38.6 Å². The topological polar surface area (TPSA) is 35.6 Å². The smallest absolute Gasteiger partial charge is 0.222 e. The Labute approximate surface area is 154 Å². The molecule has 1 N–H and O–H groups in total. The Morgan fingerprint density at radius 1 is 1.13 bits per heavy atom. The maximum atomic E-state index is 12.4. The van der Waals surface area contributed by atoms with Crippen LogP contribution in [0.15, 0.2) is 0 Å². The maximum Gasteiger partial charge on any atom is 0.222 e. The van der Waals surface area contributed by atoms with Gasteiger partial charge in [0.2, 0.25) is 5.91 Å². The van der Waals surface area contributed by atoms with Crippen molar-refractivity contribution in [2.75, 3.05) is 33.2 Å². The van der Waals surface area contributed by atoms with Crippen LogP contribution in [0.1, 0.15) is 52.4 Å². The van der Waals surface area contributed by atoms with Crippen LogP contribution >= 0.6 is 24.8 Å². The summed E-state index contributed by atoms with van der Waals surface area (Å²) in [4.78, 5) is 17.0. The van der Waals surface area contributed by atoms with E-state index >= 15 is 0 Å². The van der Waals surface area contributed by atoms with E-state index in [1.807, 2.05) is 11.9 Å². The standard InChI is InChI=1S/C17H33N3O.2ClH/c1-14(2)20-12-8-16(9-13-20)19(3)17(21)5-4-15-6-10-18-11-7-15;;/h14-16,18H,4-13H2,1-3H3;2*1H. The lowest BCUT2D eigenvalue weighted by atomic mass is 9.92. The van der Waals surface area contributed by atoms with E-state index in [2.05, 4.69) is 24.1 Å². The minimum atomic E-state index is 0. The Hall–Kier alpha value is -0.0300. The number of nitrogens with one attached hydrogen (secondary N) is 1. The van der Waals surface area contributed by atoms with E-state index in [9.17, 15) is 4.79 Å². The molecule has 1 amide bonds. The van der Waals surface area contributed by atoms with Crippen LogP contribution in [0.4, 0.5) is 0 Å². The Balaban J connectivity index is 0.00000242. The Bertz CT molecular complexity index is 328. The van der Waals surface area contributed by atoms with E-state index in [0.717, 1.165) is 57.8 Å². The van der Waals surface area contributed by atoms with Crippen LogP contribution in [0.3, 0.4) is 0 Å². The van der Waals surface area contributed by atoms with Gasteiger partial charge < -0.3 is 15.1 Å². The molecule has 4 nitrogen and oxygen atoms in total. The second kappa shape index (κ2) is 11.5. The summed E-state index contributed by atoms with van der Waals surface area (Å²) in [6, 6.07) is 1.09. The van der Waals surface area contributed by atoms with E-state index < -0.39 is 0 Å². The highest BCUT2D eigenvalue weighted by atomic mass is 35.5. The molecule has 0 aromatic heterocycles. The van der Waals surface area contributed by atoms with Crippen LogP contribution in [0.5, 0.6) is 0 Å². The van der Waals surface area contributed by atoms with Crippen molar-refractivity contribution in [2.45, 2.75) is 64.5 Å². The van der Waals surface area contributed by atoms with Gasteiger partial charge in [-0.25, -0.2) is 0 Å². The van der Waals surface area contributed by atoms with Crippen molar-refractivity contribution >= 4 is 30.7 Å². The van der Waals surface area contributed by atoms with Crippen LogP contribution in [-0.2, 0) is 4.79 Å². The van der Waals surface area contributed by atoms with Crippen molar-refractivity contribution in [1.29, 1.82) is 0 Å². The number of hydrogen-bond acceptors (Lipinski definition) is 3. The van der Waals surface area contributed by atoms with Crippen molar-refractivity contribution in [3.8, 4) is 0 Å². The lowest BCUT2D eigenvalue weighted by Crippen LogP contribution is -2.47. The molecule has 0 aromatic rings. The zero-order valence-electron chi connectivity index (χ0n) is 14.9. The molecule has 138 valence electrons. The Kier molecular flexibility index (Phi) is 11.5. The number of rotatable bonds is 5. The fourth-order valence-corrected chi connectivity index (χ4v) is 3.67. The number of carbonyl (C=O) groups excluding carboxylic acids is 1. The van der Waals surface area contributed by atoms with Gasteiger partial charge in [-0.05, 0) is 65.0 Å². The summed E-state index contributed by atoms with van der Waals surface area (Å²) in [5.74, 6) is 1.11. The molecule has 0 spiro atoms. The average molecular weight is 368 g/mol. The van der Waals surface area contributed by atoms with Crippen molar-refractivity contribution < 1.29 is 4.79 Å². The molecule has 2 aliphatic heterocycles. The number of hydrogen-bond donors (Lipinski definition) is 1. The molecule has 0 unspecified atom stereocenters. The van der Waals surface area contributed by atoms with Gasteiger partial charge in [0.25, 0.3) is 0 Å². The third kappa shape index (κ3) is 7.16. The first-order valence-corrected chi connectivity index (χ1v) is 8.78. The van der Waals surface area contributed by atoms with Gasteiger partial charge in [-0.3, -0.25) is 4.79 Å². The first-order chi connectivity index (χ1) is 10.1. The predicted octanol–water partition coefficient (Wildman–Crippen LogP) is 2.94. The van der Waals surface area contributed by atoms with Crippen LogP contribution in [0.2, 0.25) is 0 Å². The van der Waals surface area contributed by atoms with Crippen molar-refractivity contribution in [3.05, 3.63) is 0 Å². The molecule has 0 saturated carbocycles. The SMILES string of the molecule is CC(C)N1CCC(N(C)C(=O)CCC2CCNCC2)CC1.Cl.Cl. The highest BCUT2D eigenvalue weighted by molar-refractivity contribution is 5.85. The van der Waals surface area contributed by atoms with Crippen LogP contribution < -0.4 is 5.32 Å². The highest BCUT2D eigenvalue weighted by Gasteiger charge is 2.26. The molecule has 2 rings (SSSR count).